The first-order valence-corrected chi connectivity index (χ1v) is 25.2. The molecule has 1 fully saturated rings. The Morgan fingerprint density at radius 1 is 0.920 bits per heavy atom. The minimum atomic E-state index is -2.07. The Balaban J connectivity index is 1.54. The number of carbonyl (C=O) groups excluding carboxylic acids is 1. The summed E-state index contributed by atoms with van der Waals surface area (Å²) in [5, 5.41) is 0.264. The highest BCUT2D eigenvalue weighted by molar-refractivity contribution is 6.74. The van der Waals surface area contributed by atoms with Crippen molar-refractivity contribution in [3.63, 3.8) is 0 Å². The van der Waals surface area contributed by atoms with Crippen molar-refractivity contribution in [2.75, 3.05) is 6.61 Å². The molecule has 50 heavy (non-hydrogen) atoms. The van der Waals surface area contributed by atoms with Gasteiger partial charge in [0.15, 0.2) is 22.7 Å². The van der Waals surface area contributed by atoms with Gasteiger partial charge in [0, 0.05) is 25.0 Å². The van der Waals surface area contributed by atoms with Crippen LogP contribution in [0.5, 0.6) is 5.75 Å². The smallest absolute Gasteiger partial charge is 0.347 e. The number of carbonyl (C=O) groups is 1. The lowest BCUT2D eigenvalue weighted by atomic mass is 9.66. The van der Waals surface area contributed by atoms with E-state index < -0.39 is 22.7 Å². The SMILES string of the molecule is CC(Oc1ccccc1C(C)C)C(=O)O[C@H]1C[C@H](O[Si](C)(C)C(C)(C)C)C=C2C=C[C@H](C)[C@H](CC[C@@H]3C[C@H](O[Si](C)(C)C(C)(C)C)CCO3)[C@H]21. The molecule has 8 heteroatoms. The molecule has 0 spiro atoms. The molecule has 0 radical (unpaired) electrons. The highest BCUT2D eigenvalue weighted by Gasteiger charge is 2.46. The van der Waals surface area contributed by atoms with Gasteiger partial charge in [-0.05, 0) is 104 Å². The monoisotopic (exact) mass is 726 g/mol. The zero-order chi connectivity index (χ0) is 37.2. The van der Waals surface area contributed by atoms with Crippen LogP contribution in [0.4, 0.5) is 0 Å². The maximum Gasteiger partial charge on any atom is 0.347 e. The van der Waals surface area contributed by atoms with Gasteiger partial charge in [-0.3, -0.25) is 0 Å². The lowest BCUT2D eigenvalue weighted by Crippen LogP contribution is -2.49. The van der Waals surface area contributed by atoms with Gasteiger partial charge >= 0.3 is 5.97 Å². The van der Waals surface area contributed by atoms with E-state index in [2.05, 4.69) is 113 Å². The van der Waals surface area contributed by atoms with Crippen LogP contribution in [0.1, 0.15) is 113 Å². The van der Waals surface area contributed by atoms with Crippen molar-refractivity contribution >= 4 is 22.6 Å². The van der Waals surface area contributed by atoms with Gasteiger partial charge in [0.2, 0.25) is 0 Å². The Labute approximate surface area is 307 Å². The van der Waals surface area contributed by atoms with E-state index in [4.69, 9.17) is 23.1 Å². The van der Waals surface area contributed by atoms with Gasteiger partial charge in [-0.2, -0.15) is 0 Å². The molecule has 2 aliphatic carbocycles. The van der Waals surface area contributed by atoms with Crippen LogP contribution in [-0.2, 0) is 23.1 Å². The minimum absolute atomic E-state index is 0.0757. The molecule has 1 unspecified atom stereocenters. The molecule has 0 aromatic heterocycles. The first-order valence-electron chi connectivity index (χ1n) is 19.4. The van der Waals surface area contributed by atoms with Crippen LogP contribution in [0.15, 0.2) is 48.1 Å². The van der Waals surface area contributed by atoms with Crippen LogP contribution in [0.2, 0.25) is 36.3 Å². The van der Waals surface area contributed by atoms with Crippen molar-refractivity contribution in [2.24, 2.45) is 17.8 Å². The fraction of sp³-hybridized carbons (Fsp3) is 0.738. The summed E-state index contributed by atoms with van der Waals surface area (Å²) in [5.74, 6) is 1.48. The number of allylic oxidation sites excluding steroid dienone is 2. The number of hydrogen-bond donors (Lipinski definition) is 0. The lowest BCUT2D eigenvalue weighted by Gasteiger charge is -2.46. The van der Waals surface area contributed by atoms with Crippen molar-refractivity contribution in [1.82, 2.24) is 0 Å². The molecular weight excluding hydrogens is 657 g/mol. The predicted molar refractivity (Wildman–Crippen MR) is 211 cm³/mol. The summed E-state index contributed by atoms with van der Waals surface area (Å²) >= 11 is 0. The summed E-state index contributed by atoms with van der Waals surface area (Å²) in [6.07, 6.45) is 10.8. The number of para-hydroxylation sites is 1. The second kappa shape index (κ2) is 16.1. The second-order valence-electron chi connectivity index (χ2n) is 18.7. The largest absolute Gasteiger partial charge is 0.479 e. The molecule has 4 rings (SSSR count). The molecule has 1 aromatic carbocycles. The summed E-state index contributed by atoms with van der Waals surface area (Å²) in [6.45, 7) is 32.2. The first kappa shape index (κ1) is 41.0. The Morgan fingerprint density at radius 3 is 2.20 bits per heavy atom. The number of hydrogen-bond acceptors (Lipinski definition) is 6. The second-order valence-corrected chi connectivity index (χ2v) is 28.3. The zero-order valence-electron chi connectivity index (χ0n) is 33.9. The van der Waals surface area contributed by atoms with Crippen LogP contribution < -0.4 is 4.74 Å². The summed E-state index contributed by atoms with van der Waals surface area (Å²) in [4.78, 5) is 13.9. The van der Waals surface area contributed by atoms with E-state index in [9.17, 15) is 4.79 Å². The highest BCUT2D eigenvalue weighted by Crippen LogP contribution is 2.47. The topological polar surface area (TPSA) is 63.2 Å². The Hall–Kier alpha value is -1.72. The normalized spacial score (nSPS) is 28.5. The Morgan fingerprint density at radius 2 is 1.56 bits per heavy atom. The van der Waals surface area contributed by atoms with E-state index in [0.29, 0.717) is 18.3 Å². The fourth-order valence-electron chi connectivity index (χ4n) is 7.28. The third-order valence-corrected chi connectivity index (χ3v) is 21.5. The molecule has 1 aromatic rings. The van der Waals surface area contributed by atoms with Crippen LogP contribution >= 0.6 is 0 Å². The summed E-state index contributed by atoms with van der Waals surface area (Å²) in [7, 11) is -3.93. The zero-order valence-corrected chi connectivity index (χ0v) is 35.9. The molecular formula is C42H70O6Si2. The molecule has 8 atom stereocenters. The quantitative estimate of drug-likeness (QED) is 0.158. The molecule has 6 nitrogen and oxygen atoms in total. The third kappa shape index (κ3) is 10.0. The number of esters is 1. The fourth-order valence-corrected chi connectivity index (χ4v) is 9.96. The molecule has 0 N–H and O–H groups in total. The maximum absolute atomic E-state index is 13.9. The van der Waals surface area contributed by atoms with Crippen LogP contribution in [0.25, 0.3) is 0 Å². The van der Waals surface area contributed by atoms with Crippen molar-refractivity contribution < 1.29 is 27.9 Å². The molecule has 1 saturated heterocycles. The molecule has 282 valence electrons. The summed E-state index contributed by atoms with van der Waals surface area (Å²) in [6, 6.07) is 7.99. The van der Waals surface area contributed by atoms with Gasteiger partial charge < -0.3 is 23.1 Å². The Bertz CT molecular complexity index is 1350. The third-order valence-electron chi connectivity index (χ3n) is 12.5. The maximum atomic E-state index is 13.9. The number of benzene rings is 1. The molecule has 1 heterocycles. The van der Waals surface area contributed by atoms with E-state index in [1.807, 2.05) is 25.1 Å². The van der Waals surface area contributed by atoms with Crippen LogP contribution in [-0.4, -0.2) is 59.7 Å². The standard InChI is InChI=1S/C42H70O6Si2/c1-28(2)35-17-15-16-18-37(35)45-30(4)40(43)46-38-27-34(48-50(13,14)42(8,9)10)25-31-20-19-29(3)36(39(31)38)22-21-32-26-33(23-24-44-32)47-49(11,12)41(5,6)7/h15-20,25,28-30,32-34,36,38-39H,21-24,26-27H2,1-14H3/t29-,30?,32+,33+,34+,36-,38-,39-/m0/s1. The van der Waals surface area contributed by atoms with Gasteiger partial charge in [0.1, 0.15) is 11.9 Å². The van der Waals surface area contributed by atoms with Crippen LogP contribution in [0, 0.1) is 17.8 Å². The van der Waals surface area contributed by atoms with Crippen LogP contribution in [0.3, 0.4) is 0 Å². The number of ether oxygens (including phenoxy) is 3. The van der Waals surface area contributed by atoms with Crippen molar-refractivity contribution in [3.8, 4) is 5.75 Å². The van der Waals surface area contributed by atoms with Gasteiger partial charge in [-0.1, -0.05) is 98.7 Å². The van der Waals surface area contributed by atoms with E-state index >= 15 is 0 Å². The van der Waals surface area contributed by atoms with E-state index in [0.717, 1.165) is 43.6 Å². The van der Waals surface area contributed by atoms with Gasteiger partial charge in [-0.25, -0.2) is 4.79 Å². The molecule has 0 saturated carbocycles. The average Bonchev–Trinajstić information content (AvgIpc) is 2.99. The Kier molecular flexibility index (Phi) is 13.2. The number of rotatable bonds is 12. The molecule has 3 aliphatic rings. The van der Waals surface area contributed by atoms with E-state index in [1.165, 1.54) is 5.57 Å². The van der Waals surface area contributed by atoms with Crippen molar-refractivity contribution in [2.45, 2.75) is 174 Å². The average molecular weight is 727 g/mol. The minimum Gasteiger partial charge on any atom is -0.479 e. The van der Waals surface area contributed by atoms with Gasteiger partial charge in [0.25, 0.3) is 0 Å². The molecule has 1 aliphatic heterocycles. The lowest BCUT2D eigenvalue weighted by molar-refractivity contribution is -0.162. The van der Waals surface area contributed by atoms with Crippen molar-refractivity contribution in [1.29, 1.82) is 0 Å². The van der Waals surface area contributed by atoms with Gasteiger partial charge in [0.05, 0.1) is 12.2 Å². The van der Waals surface area contributed by atoms with E-state index in [1.54, 1.807) is 0 Å². The molecule has 0 bridgehead atoms. The summed E-state index contributed by atoms with van der Waals surface area (Å²) < 4.78 is 33.0. The van der Waals surface area contributed by atoms with Crippen molar-refractivity contribution in [3.05, 3.63) is 53.6 Å². The number of fused-ring (bicyclic) bond motifs is 1. The predicted octanol–water partition coefficient (Wildman–Crippen LogP) is 11.0. The first-order chi connectivity index (χ1) is 23.1. The summed E-state index contributed by atoms with van der Waals surface area (Å²) in [5.41, 5.74) is 2.33. The highest BCUT2D eigenvalue weighted by atomic mass is 28.4. The van der Waals surface area contributed by atoms with E-state index in [-0.39, 0.29) is 52.3 Å². The van der Waals surface area contributed by atoms with Gasteiger partial charge in [-0.15, -0.1) is 0 Å². The molecule has 0 amide bonds.